The minimum absolute atomic E-state index is 0.120. The summed E-state index contributed by atoms with van der Waals surface area (Å²) in [6, 6.07) is 6.96. The van der Waals surface area contributed by atoms with Gasteiger partial charge in [-0.15, -0.1) is 0 Å². The average molecular weight is 254 g/mol. The maximum atomic E-state index is 11.6. The number of rotatable bonds is 5. The summed E-state index contributed by atoms with van der Waals surface area (Å²) in [7, 11) is 0. The van der Waals surface area contributed by atoms with Gasteiger partial charge < -0.3 is 10.1 Å². The zero-order chi connectivity index (χ0) is 12.8. The number of carbonyl (C=O) groups excluding carboxylic acids is 1. The highest BCUT2D eigenvalue weighted by atomic mass is 35.5. The molecule has 0 bridgehead atoms. The van der Waals surface area contributed by atoms with Gasteiger partial charge in [-0.25, -0.2) is 0 Å². The molecule has 1 amide bonds. The van der Waals surface area contributed by atoms with E-state index in [1.807, 2.05) is 13.8 Å². The van der Waals surface area contributed by atoms with E-state index in [-0.39, 0.29) is 18.6 Å². The highest BCUT2D eigenvalue weighted by molar-refractivity contribution is 6.29. The standard InChI is InChI=1S/C13H16ClNO2/c1-9(2)17-12-6-4-11(5-7-12)13(16)15-8-10(3)14/h4-7,9H,3,8H2,1-2H3,(H,15,16). The predicted molar refractivity (Wildman–Crippen MR) is 69.5 cm³/mol. The highest BCUT2D eigenvalue weighted by Crippen LogP contribution is 2.13. The molecule has 0 fully saturated rings. The van der Waals surface area contributed by atoms with E-state index in [0.29, 0.717) is 10.6 Å². The van der Waals surface area contributed by atoms with Gasteiger partial charge in [0.25, 0.3) is 5.91 Å². The summed E-state index contributed by atoms with van der Waals surface area (Å²) < 4.78 is 5.48. The molecular formula is C13H16ClNO2. The zero-order valence-corrected chi connectivity index (χ0v) is 10.8. The van der Waals surface area contributed by atoms with Crippen LogP contribution in [-0.4, -0.2) is 18.6 Å². The number of ether oxygens (including phenoxy) is 1. The molecule has 0 aromatic heterocycles. The summed E-state index contributed by atoms with van der Waals surface area (Å²) in [5.41, 5.74) is 0.569. The lowest BCUT2D eigenvalue weighted by Crippen LogP contribution is -2.24. The van der Waals surface area contributed by atoms with Gasteiger partial charge in [0.05, 0.1) is 12.6 Å². The van der Waals surface area contributed by atoms with E-state index in [0.717, 1.165) is 5.75 Å². The number of amides is 1. The second-order valence-corrected chi connectivity index (χ2v) is 4.43. The Morgan fingerprint density at radius 1 is 1.41 bits per heavy atom. The van der Waals surface area contributed by atoms with E-state index in [1.54, 1.807) is 24.3 Å². The summed E-state index contributed by atoms with van der Waals surface area (Å²) in [6.45, 7) is 7.67. The Morgan fingerprint density at radius 3 is 2.47 bits per heavy atom. The summed E-state index contributed by atoms with van der Waals surface area (Å²) >= 11 is 5.56. The predicted octanol–water partition coefficient (Wildman–Crippen LogP) is 2.96. The number of hydrogen-bond acceptors (Lipinski definition) is 2. The van der Waals surface area contributed by atoms with Crippen LogP contribution in [0.2, 0.25) is 0 Å². The van der Waals surface area contributed by atoms with Crippen molar-refractivity contribution in [3.63, 3.8) is 0 Å². The van der Waals surface area contributed by atoms with E-state index in [2.05, 4.69) is 11.9 Å². The first-order chi connectivity index (χ1) is 7.99. The number of carbonyl (C=O) groups is 1. The molecule has 1 rings (SSSR count). The van der Waals surface area contributed by atoms with E-state index in [9.17, 15) is 4.79 Å². The maximum Gasteiger partial charge on any atom is 0.251 e. The molecule has 0 spiro atoms. The molecule has 0 radical (unpaired) electrons. The summed E-state index contributed by atoms with van der Waals surface area (Å²) in [6.07, 6.45) is 0.120. The highest BCUT2D eigenvalue weighted by Gasteiger charge is 2.05. The third-order valence-corrected chi connectivity index (χ3v) is 2.06. The van der Waals surface area contributed by atoms with Crippen molar-refractivity contribution >= 4 is 17.5 Å². The van der Waals surface area contributed by atoms with Crippen molar-refractivity contribution < 1.29 is 9.53 Å². The van der Waals surface area contributed by atoms with Crippen molar-refractivity contribution in [2.24, 2.45) is 0 Å². The molecule has 3 nitrogen and oxygen atoms in total. The molecule has 0 aliphatic heterocycles. The third-order valence-electron chi connectivity index (χ3n) is 1.93. The minimum atomic E-state index is -0.178. The Labute approximate surface area is 106 Å². The molecule has 0 aliphatic rings. The molecule has 0 unspecified atom stereocenters. The molecule has 1 aromatic carbocycles. The second kappa shape index (κ2) is 6.30. The van der Waals surface area contributed by atoms with Gasteiger partial charge >= 0.3 is 0 Å². The van der Waals surface area contributed by atoms with Crippen LogP contribution in [0.3, 0.4) is 0 Å². The van der Waals surface area contributed by atoms with E-state index in [4.69, 9.17) is 16.3 Å². The smallest absolute Gasteiger partial charge is 0.251 e. The lowest BCUT2D eigenvalue weighted by Gasteiger charge is -2.10. The Kier molecular flexibility index (Phi) is 5.04. The van der Waals surface area contributed by atoms with Gasteiger partial charge in [0, 0.05) is 10.6 Å². The van der Waals surface area contributed by atoms with Crippen LogP contribution in [0, 0.1) is 0 Å². The second-order valence-electron chi connectivity index (χ2n) is 3.89. The first-order valence-electron chi connectivity index (χ1n) is 5.37. The average Bonchev–Trinajstić information content (AvgIpc) is 2.26. The van der Waals surface area contributed by atoms with Crippen molar-refractivity contribution in [3.05, 3.63) is 41.4 Å². The van der Waals surface area contributed by atoms with Crippen molar-refractivity contribution in [1.82, 2.24) is 5.32 Å². The molecule has 0 atom stereocenters. The van der Waals surface area contributed by atoms with Gasteiger partial charge in [-0.3, -0.25) is 4.79 Å². The number of halogens is 1. The maximum absolute atomic E-state index is 11.6. The summed E-state index contributed by atoms with van der Waals surface area (Å²) in [5.74, 6) is 0.571. The third kappa shape index (κ3) is 4.91. The zero-order valence-electron chi connectivity index (χ0n) is 10.00. The number of hydrogen-bond donors (Lipinski definition) is 1. The van der Waals surface area contributed by atoms with Gasteiger partial charge in [0.2, 0.25) is 0 Å². The summed E-state index contributed by atoms with van der Waals surface area (Å²) in [5, 5.41) is 3.05. The van der Waals surface area contributed by atoms with Crippen LogP contribution in [-0.2, 0) is 0 Å². The van der Waals surface area contributed by atoms with Crippen LogP contribution in [0.4, 0.5) is 0 Å². The Bertz CT molecular complexity index is 398. The molecule has 0 aliphatic carbocycles. The SMILES string of the molecule is C=C(Cl)CNC(=O)c1ccc(OC(C)C)cc1. The fourth-order valence-corrected chi connectivity index (χ4v) is 1.30. The van der Waals surface area contributed by atoms with Gasteiger partial charge in [-0.05, 0) is 38.1 Å². The normalized spacial score (nSPS) is 10.1. The first kappa shape index (κ1) is 13.6. The largest absolute Gasteiger partial charge is 0.491 e. The minimum Gasteiger partial charge on any atom is -0.491 e. The number of nitrogens with one attached hydrogen (secondary N) is 1. The van der Waals surface area contributed by atoms with Crippen molar-refractivity contribution in [1.29, 1.82) is 0 Å². The summed E-state index contributed by atoms with van der Waals surface area (Å²) in [4.78, 5) is 11.6. The van der Waals surface area contributed by atoms with Crippen LogP contribution in [0.5, 0.6) is 5.75 Å². The van der Waals surface area contributed by atoms with Crippen LogP contribution >= 0.6 is 11.6 Å². The van der Waals surface area contributed by atoms with E-state index in [1.165, 1.54) is 0 Å². The molecule has 0 saturated carbocycles. The molecular weight excluding hydrogens is 238 g/mol. The molecule has 4 heteroatoms. The lowest BCUT2D eigenvalue weighted by atomic mass is 10.2. The molecule has 17 heavy (non-hydrogen) atoms. The molecule has 1 N–H and O–H groups in total. The van der Waals surface area contributed by atoms with Crippen molar-refractivity contribution in [2.75, 3.05) is 6.54 Å². The van der Waals surface area contributed by atoms with Crippen LogP contribution in [0.1, 0.15) is 24.2 Å². The number of benzene rings is 1. The van der Waals surface area contributed by atoms with Crippen LogP contribution in [0.25, 0.3) is 0 Å². The van der Waals surface area contributed by atoms with E-state index < -0.39 is 0 Å². The Hall–Kier alpha value is -1.48. The Morgan fingerprint density at radius 2 is 2.00 bits per heavy atom. The van der Waals surface area contributed by atoms with Crippen molar-refractivity contribution in [3.8, 4) is 5.75 Å². The fraction of sp³-hybridized carbons (Fsp3) is 0.308. The fourth-order valence-electron chi connectivity index (χ4n) is 1.24. The van der Waals surface area contributed by atoms with Crippen molar-refractivity contribution in [2.45, 2.75) is 20.0 Å². The van der Waals surface area contributed by atoms with Gasteiger partial charge in [0.15, 0.2) is 0 Å². The molecule has 0 heterocycles. The monoisotopic (exact) mass is 253 g/mol. The molecule has 0 saturated heterocycles. The van der Waals surface area contributed by atoms with Gasteiger partial charge in [0.1, 0.15) is 5.75 Å². The quantitative estimate of drug-likeness (QED) is 0.876. The molecule has 1 aromatic rings. The Balaban J connectivity index is 2.60. The lowest BCUT2D eigenvalue weighted by molar-refractivity contribution is 0.0957. The van der Waals surface area contributed by atoms with Gasteiger partial charge in [-0.1, -0.05) is 18.2 Å². The first-order valence-corrected chi connectivity index (χ1v) is 5.75. The topological polar surface area (TPSA) is 38.3 Å². The van der Waals surface area contributed by atoms with Crippen LogP contribution in [0.15, 0.2) is 35.9 Å². The van der Waals surface area contributed by atoms with Gasteiger partial charge in [-0.2, -0.15) is 0 Å². The molecule has 92 valence electrons. The van der Waals surface area contributed by atoms with Crippen LogP contribution < -0.4 is 10.1 Å². The van der Waals surface area contributed by atoms with E-state index >= 15 is 0 Å².